The lowest BCUT2D eigenvalue weighted by Crippen LogP contribution is -2.50. The highest BCUT2D eigenvalue weighted by molar-refractivity contribution is 7.89. The zero-order valence-corrected chi connectivity index (χ0v) is 18.4. The summed E-state index contributed by atoms with van der Waals surface area (Å²) in [6.45, 7) is 2.14. The summed E-state index contributed by atoms with van der Waals surface area (Å²) in [4.78, 5) is 23.4. The van der Waals surface area contributed by atoms with Crippen LogP contribution in [0.1, 0.15) is 22.8 Å². The zero-order valence-electron chi connectivity index (χ0n) is 16.8. The number of nitrogens with zero attached hydrogens (tertiary/aromatic N) is 2. The maximum absolute atomic E-state index is 12.7. The van der Waals surface area contributed by atoms with Crippen LogP contribution in [0.15, 0.2) is 53.4 Å². The minimum Gasteiger partial charge on any atom is -0.481 e. The molecule has 1 amide bonds. The SMILES string of the molecule is CC(=O)O.N=C(N)c1ccc(C(=O)N2CCN(S(=O)(=O)c3ccc(Cl)cc3)CC2)cc1. The van der Waals surface area contributed by atoms with Gasteiger partial charge in [-0.1, -0.05) is 23.7 Å². The van der Waals surface area contributed by atoms with Crippen molar-refractivity contribution in [2.24, 2.45) is 5.73 Å². The monoisotopic (exact) mass is 466 g/mol. The van der Waals surface area contributed by atoms with Crippen LogP contribution < -0.4 is 5.73 Å². The summed E-state index contributed by atoms with van der Waals surface area (Å²) in [6.07, 6.45) is 0. The number of sulfonamides is 1. The van der Waals surface area contributed by atoms with Crippen molar-refractivity contribution >= 4 is 39.3 Å². The standard InChI is InChI=1S/C18H19ClN4O3S.C2H4O2/c19-15-5-7-16(8-6-15)27(25,26)23-11-9-22(10-12-23)18(24)14-3-1-13(2-4-14)17(20)21;1-2(3)4/h1-8H,9-12H2,(H3,20,21);1H3,(H,3,4). The normalized spacial score (nSPS) is 14.3. The lowest BCUT2D eigenvalue weighted by Gasteiger charge is -2.34. The fourth-order valence-corrected chi connectivity index (χ4v) is 4.41. The van der Waals surface area contributed by atoms with Gasteiger partial charge in [0.1, 0.15) is 5.84 Å². The molecule has 0 unspecified atom stereocenters. The first kappa shape index (κ1) is 24.3. The molecule has 1 aliphatic rings. The van der Waals surface area contributed by atoms with E-state index < -0.39 is 16.0 Å². The van der Waals surface area contributed by atoms with Crippen LogP contribution in [0.5, 0.6) is 0 Å². The van der Waals surface area contributed by atoms with Crippen molar-refractivity contribution in [2.75, 3.05) is 26.2 Å². The maximum atomic E-state index is 12.7. The lowest BCUT2D eigenvalue weighted by atomic mass is 10.1. The number of hydrogen-bond acceptors (Lipinski definition) is 5. The summed E-state index contributed by atoms with van der Waals surface area (Å²) in [5, 5.41) is 15.3. The van der Waals surface area contributed by atoms with Crippen LogP contribution >= 0.6 is 11.6 Å². The quantitative estimate of drug-likeness (QED) is 0.463. The van der Waals surface area contributed by atoms with E-state index in [2.05, 4.69) is 0 Å². The molecule has 4 N–H and O–H groups in total. The van der Waals surface area contributed by atoms with Crippen molar-refractivity contribution < 1.29 is 23.1 Å². The lowest BCUT2D eigenvalue weighted by molar-refractivity contribution is -0.134. The molecule has 1 heterocycles. The third-order valence-corrected chi connectivity index (χ3v) is 6.58. The maximum Gasteiger partial charge on any atom is 0.300 e. The summed E-state index contributed by atoms with van der Waals surface area (Å²) in [6, 6.07) is 12.5. The van der Waals surface area contributed by atoms with Crippen LogP contribution in [0.3, 0.4) is 0 Å². The molecule has 0 aliphatic carbocycles. The number of carbonyl (C=O) groups is 2. The van der Waals surface area contributed by atoms with Crippen LogP contribution in [0.2, 0.25) is 5.02 Å². The first-order chi connectivity index (χ1) is 14.5. The van der Waals surface area contributed by atoms with Gasteiger partial charge in [0.15, 0.2) is 0 Å². The van der Waals surface area contributed by atoms with Gasteiger partial charge in [0.25, 0.3) is 11.9 Å². The predicted molar refractivity (Wildman–Crippen MR) is 117 cm³/mol. The first-order valence-corrected chi connectivity index (χ1v) is 11.0. The van der Waals surface area contributed by atoms with E-state index in [-0.39, 0.29) is 29.7 Å². The van der Waals surface area contributed by atoms with Crippen molar-refractivity contribution in [3.05, 3.63) is 64.7 Å². The number of piperazine rings is 1. The number of nitrogen functional groups attached to an aromatic ring is 1. The van der Waals surface area contributed by atoms with Crippen LogP contribution in [0, 0.1) is 5.41 Å². The molecule has 31 heavy (non-hydrogen) atoms. The largest absolute Gasteiger partial charge is 0.481 e. The Balaban J connectivity index is 0.000000785. The summed E-state index contributed by atoms with van der Waals surface area (Å²) in [5.41, 5.74) is 6.44. The molecule has 2 aromatic carbocycles. The van der Waals surface area contributed by atoms with E-state index in [9.17, 15) is 13.2 Å². The first-order valence-electron chi connectivity index (χ1n) is 9.21. The molecule has 0 atom stereocenters. The number of rotatable bonds is 4. The van der Waals surface area contributed by atoms with Crippen LogP contribution in [-0.4, -0.2) is 66.6 Å². The van der Waals surface area contributed by atoms with Gasteiger partial charge in [-0.25, -0.2) is 8.42 Å². The van der Waals surface area contributed by atoms with E-state index in [1.807, 2.05) is 0 Å². The average molecular weight is 467 g/mol. The van der Waals surface area contributed by atoms with Gasteiger partial charge in [-0.05, 0) is 36.4 Å². The molecule has 0 aromatic heterocycles. The van der Waals surface area contributed by atoms with Gasteiger partial charge < -0.3 is 15.7 Å². The van der Waals surface area contributed by atoms with E-state index in [4.69, 9.17) is 32.6 Å². The Hall–Kier alpha value is -2.95. The van der Waals surface area contributed by atoms with Gasteiger partial charge in [-0.15, -0.1) is 0 Å². The van der Waals surface area contributed by atoms with E-state index in [0.29, 0.717) is 29.2 Å². The number of nitrogens with one attached hydrogen (secondary N) is 1. The molecule has 2 aromatic rings. The molecule has 3 rings (SSSR count). The minimum absolute atomic E-state index is 0.0602. The number of aliphatic carboxylic acids is 1. The number of amides is 1. The second-order valence-electron chi connectivity index (χ2n) is 6.66. The van der Waals surface area contributed by atoms with Crippen molar-refractivity contribution in [3.63, 3.8) is 0 Å². The minimum atomic E-state index is -3.61. The molecular formula is C20H23ClN4O5S. The van der Waals surface area contributed by atoms with Gasteiger partial charge in [0.2, 0.25) is 10.0 Å². The number of nitrogens with two attached hydrogens (primary N) is 1. The number of hydrogen-bond donors (Lipinski definition) is 3. The Morgan fingerprint density at radius 2 is 1.42 bits per heavy atom. The molecule has 0 saturated carbocycles. The number of benzene rings is 2. The van der Waals surface area contributed by atoms with Crippen LogP contribution in [-0.2, 0) is 14.8 Å². The van der Waals surface area contributed by atoms with Crippen molar-refractivity contribution in [1.82, 2.24) is 9.21 Å². The van der Waals surface area contributed by atoms with E-state index in [1.54, 1.807) is 41.3 Å². The molecular weight excluding hydrogens is 444 g/mol. The topological polar surface area (TPSA) is 145 Å². The molecule has 1 saturated heterocycles. The Morgan fingerprint density at radius 3 is 1.87 bits per heavy atom. The highest BCUT2D eigenvalue weighted by atomic mass is 35.5. The van der Waals surface area contributed by atoms with E-state index >= 15 is 0 Å². The third-order valence-electron chi connectivity index (χ3n) is 4.42. The van der Waals surface area contributed by atoms with Crippen LogP contribution in [0.4, 0.5) is 0 Å². The number of carboxylic acid groups (broad SMARTS) is 1. The Labute approximate surface area is 185 Å². The van der Waals surface area contributed by atoms with Crippen LogP contribution in [0.25, 0.3) is 0 Å². The number of halogens is 1. The molecule has 11 heteroatoms. The fourth-order valence-electron chi connectivity index (χ4n) is 2.86. The highest BCUT2D eigenvalue weighted by Gasteiger charge is 2.30. The van der Waals surface area contributed by atoms with Gasteiger partial charge in [0, 0.05) is 49.3 Å². The predicted octanol–water partition coefficient (Wildman–Crippen LogP) is 1.86. The second kappa shape index (κ2) is 10.4. The molecule has 1 fully saturated rings. The summed E-state index contributed by atoms with van der Waals surface area (Å²) >= 11 is 5.82. The third kappa shape index (κ3) is 6.51. The number of amidine groups is 1. The van der Waals surface area contributed by atoms with Gasteiger partial charge in [-0.2, -0.15) is 4.31 Å². The average Bonchev–Trinajstić information content (AvgIpc) is 2.73. The Kier molecular flexibility index (Phi) is 8.14. The van der Waals surface area contributed by atoms with Crippen molar-refractivity contribution in [1.29, 1.82) is 5.41 Å². The van der Waals surface area contributed by atoms with Crippen molar-refractivity contribution in [2.45, 2.75) is 11.8 Å². The molecule has 0 spiro atoms. The van der Waals surface area contributed by atoms with Crippen molar-refractivity contribution in [3.8, 4) is 0 Å². The molecule has 0 bridgehead atoms. The molecule has 1 aliphatic heterocycles. The Bertz CT molecular complexity index is 1040. The van der Waals surface area contributed by atoms with E-state index in [0.717, 1.165) is 6.92 Å². The summed E-state index contributed by atoms with van der Waals surface area (Å²) in [7, 11) is -3.61. The van der Waals surface area contributed by atoms with Gasteiger partial charge in [0.05, 0.1) is 4.90 Å². The second-order valence-corrected chi connectivity index (χ2v) is 9.03. The molecule has 166 valence electrons. The van der Waals surface area contributed by atoms with Gasteiger partial charge in [-0.3, -0.25) is 15.0 Å². The molecule has 0 radical (unpaired) electrons. The number of carboxylic acids is 1. The van der Waals surface area contributed by atoms with Gasteiger partial charge >= 0.3 is 0 Å². The summed E-state index contributed by atoms with van der Waals surface area (Å²) < 4.78 is 26.8. The fraction of sp³-hybridized carbons (Fsp3) is 0.250. The summed E-state index contributed by atoms with van der Waals surface area (Å²) in [5.74, 6) is -1.07. The highest BCUT2D eigenvalue weighted by Crippen LogP contribution is 2.20. The smallest absolute Gasteiger partial charge is 0.300 e. The molecule has 9 nitrogen and oxygen atoms in total. The van der Waals surface area contributed by atoms with E-state index in [1.165, 1.54) is 16.4 Å². The number of carbonyl (C=O) groups excluding carboxylic acids is 1. The zero-order chi connectivity index (χ0) is 23.2. The Morgan fingerprint density at radius 1 is 0.968 bits per heavy atom.